The molecule has 0 saturated carbocycles. The molecule has 2 aliphatic rings. The van der Waals surface area contributed by atoms with Crippen molar-refractivity contribution in [2.75, 3.05) is 0 Å². The number of para-hydroxylation sites is 1. The topological polar surface area (TPSA) is 41.5 Å². The number of rotatable bonds is 2. The molecule has 1 aliphatic heterocycles. The summed E-state index contributed by atoms with van der Waals surface area (Å²) in [5, 5.41) is 6.08. The second-order valence-corrected chi connectivity index (χ2v) is 7.50. The van der Waals surface area contributed by atoms with Crippen LogP contribution in [0.25, 0.3) is 16.8 Å². The SMILES string of the molecule is O=C1NC(=Nc2ccccc2)S/C1=C\c1ccc2c3c(cccc13)CC2. The van der Waals surface area contributed by atoms with Crippen molar-refractivity contribution in [3.05, 3.63) is 82.3 Å². The Labute approximate surface area is 155 Å². The Bertz CT molecular complexity index is 1090. The number of hydrogen-bond acceptors (Lipinski definition) is 3. The first-order valence-corrected chi connectivity index (χ1v) is 9.48. The van der Waals surface area contributed by atoms with Crippen LogP contribution >= 0.6 is 11.8 Å². The Hall–Kier alpha value is -2.85. The van der Waals surface area contributed by atoms with Gasteiger partial charge in [0.15, 0.2) is 5.17 Å². The Balaban J connectivity index is 1.53. The lowest BCUT2D eigenvalue weighted by atomic mass is 9.99. The zero-order chi connectivity index (χ0) is 17.5. The molecule has 1 amide bonds. The first-order valence-electron chi connectivity index (χ1n) is 8.66. The number of nitrogens with one attached hydrogen (secondary N) is 1. The van der Waals surface area contributed by atoms with Crippen LogP contribution in [0.4, 0.5) is 5.69 Å². The number of amides is 1. The summed E-state index contributed by atoms with van der Waals surface area (Å²) in [5.74, 6) is -0.0899. The number of aryl methyl sites for hydroxylation is 2. The molecule has 26 heavy (non-hydrogen) atoms. The molecule has 1 aliphatic carbocycles. The molecule has 126 valence electrons. The molecule has 0 unspecified atom stereocenters. The standard InChI is InChI=1S/C22H16N2OS/c25-21-19(26-22(24-21)23-17-6-2-1-3-7-17)13-16-12-11-15-10-9-14-5-4-8-18(16)20(14)15/h1-8,11-13H,9-10H2,(H,23,24,25)/b19-13-. The highest BCUT2D eigenvalue weighted by Crippen LogP contribution is 2.35. The normalized spacial score (nSPS) is 18.8. The van der Waals surface area contributed by atoms with E-state index in [9.17, 15) is 4.79 Å². The maximum atomic E-state index is 12.4. The largest absolute Gasteiger partial charge is 0.300 e. The van der Waals surface area contributed by atoms with E-state index >= 15 is 0 Å². The van der Waals surface area contributed by atoms with E-state index < -0.39 is 0 Å². The third kappa shape index (κ3) is 2.63. The Morgan fingerprint density at radius 2 is 1.73 bits per heavy atom. The van der Waals surface area contributed by atoms with Gasteiger partial charge in [0.25, 0.3) is 5.91 Å². The molecule has 1 fully saturated rings. The van der Waals surface area contributed by atoms with Crippen molar-refractivity contribution in [2.45, 2.75) is 12.8 Å². The molecule has 1 heterocycles. The zero-order valence-electron chi connectivity index (χ0n) is 14.0. The maximum absolute atomic E-state index is 12.4. The number of carbonyl (C=O) groups excluding carboxylic acids is 1. The van der Waals surface area contributed by atoms with Crippen molar-refractivity contribution in [1.29, 1.82) is 0 Å². The van der Waals surface area contributed by atoms with Crippen molar-refractivity contribution in [1.82, 2.24) is 5.32 Å². The molecule has 0 radical (unpaired) electrons. The van der Waals surface area contributed by atoms with E-state index in [-0.39, 0.29) is 5.91 Å². The summed E-state index contributed by atoms with van der Waals surface area (Å²) in [7, 11) is 0. The van der Waals surface area contributed by atoms with Gasteiger partial charge in [-0.25, -0.2) is 4.99 Å². The van der Waals surface area contributed by atoms with E-state index in [0.717, 1.165) is 24.1 Å². The van der Waals surface area contributed by atoms with Crippen LogP contribution in [-0.2, 0) is 17.6 Å². The van der Waals surface area contributed by atoms with Crippen molar-refractivity contribution < 1.29 is 4.79 Å². The third-order valence-electron chi connectivity index (χ3n) is 4.83. The first kappa shape index (κ1) is 15.4. The first-order chi connectivity index (χ1) is 12.8. The second-order valence-electron chi connectivity index (χ2n) is 6.47. The average molecular weight is 356 g/mol. The highest BCUT2D eigenvalue weighted by molar-refractivity contribution is 8.18. The van der Waals surface area contributed by atoms with Gasteiger partial charge < -0.3 is 5.32 Å². The van der Waals surface area contributed by atoms with E-state index in [2.05, 4.69) is 40.6 Å². The molecular weight excluding hydrogens is 340 g/mol. The molecule has 3 aromatic rings. The van der Waals surface area contributed by atoms with Crippen LogP contribution in [0.3, 0.4) is 0 Å². The molecule has 4 heteroatoms. The molecule has 0 aromatic heterocycles. The fourth-order valence-corrected chi connectivity index (χ4v) is 4.47. The summed E-state index contributed by atoms with van der Waals surface area (Å²) in [5.41, 5.74) is 4.74. The Morgan fingerprint density at radius 3 is 2.58 bits per heavy atom. The number of amidine groups is 1. The molecule has 0 bridgehead atoms. The van der Waals surface area contributed by atoms with Crippen LogP contribution in [-0.4, -0.2) is 11.1 Å². The lowest BCUT2D eigenvalue weighted by Gasteiger charge is -2.06. The van der Waals surface area contributed by atoms with Gasteiger partial charge in [0.1, 0.15) is 0 Å². The summed E-state index contributed by atoms with van der Waals surface area (Å²) < 4.78 is 0. The lowest BCUT2D eigenvalue weighted by molar-refractivity contribution is -0.115. The summed E-state index contributed by atoms with van der Waals surface area (Å²) in [6.45, 7) is 0. The highest BCUT2D eigenvalue weighted by Gasteiger charge is 2.24. The minimum atomic E-state index is -0.0899. The van der Waals surface area contributed by atoms with Gasteiger partial charge in [-0.2, -0.15) is 0 Å². The van der Waals surface area contributed by atoms with Crippen molar-refractivity contribution >= 4 is 45.4 Å². The van der Waals surface area contributed by atoms with Crippen LogP contribution in [0.2, 0.25) is 0 Å². The molecule has 3 aromatic carbocycles. The number of thioether (sulfide) groups is 1. The van der Waals surface area contributed by atoms with Crippen LogP contribution in [0, 0.1) is 0 Å². The number of benzene rings is 3. The van der Waals surface area contributed by atoms with Crippen molar-refractivity contribution in [3.8, 4) is 0 Å². The van der Waals surface area contributed by atoms with Crippen LogP contribution in [0.1, 0.15) is 16.7 Å². The van der Waals surface area contributed by atoms with Gasteiger partial charge >= 0.3 is 0 Å². The molecule has 3 nitrogen and oxygen atoms in total. The summed E-state index contributed by atoms with van der Waals surface area (Å²) in [6.07, 6.45) is 4.19. The lowest BCUT2D eigenvalue weighted by Crippen LogP contribution is -2.19. The highest BCUT2D eigenvalue weighted by atomic mass is 32.2. The van der Waals surface area contributed by atoms with Gasteiger partial charge in [0.05, 0.1) is 10.6 Å². The molecular formula is C22H16N2OS. The van der Waals surface area contributed by atoms with Crippen LogP contribution in [0.5, 0.6) is 0 Å². The van der Waals surface area contributed by atoms with E-state index in [1.165, 1.54) is 33.7 Å². The predicted molar refractivity (Wildman–Crippen MR) is 109 cm³/mol. The molecule has 1 saturated heterocycles. The fraction of sp³-hybridized carbons (Fsp3) is 0.0909. The van der Waals surface area contributed by atoms with Gasteiger partial charge in [-0.05, 0) is 70.3 Å². The van der Waals surface area contributed by atoms with E-state index in [0.29, 0.717) is 10.1 Å². The Morgan fingerprint density at radius 1 is 0.923 bits per heavy atom. The third-order valence-corrected chi connectivity index (χ3v) is 5.74. The molecule has 0 spiro atoms. The summed E-state index contributed by atoms with van der Waals surface area (Å²) in [6, 6.07) is 20.4. The fourth-order valence-electron chi connectivity index (χ4n) is 3.64. The number of nitrogens with zero attached hydrogens (tertiary/aromatic N) is 1. The predicted octanol–water partition coefficient (Wildman–Crippen LogP) is 4.83. The zero-order valence-corrected chi connectivity index (χ0v) is 14.8. The van der Waals surface area contributed by atoms with Gasteiger partial charge in [-0.1, -0.05) is 48.5 Å². The quantitative estimate of drug-likeness (QED) is 0.668. The number of aliphatic imine (C=N–C) groups is 1. The number of hydrogen-bond donors (Lipinski definition) is 1. The van der Waals surface area contributed by atoms with E-state index in [1.54, 1.807) is 0 Å². The van der Waals surface area contributed by atoms with Gasteiger partial charge in [-0.3, -0.25) is 4.79 Å². The van der Waals surface area contributed by atoms with E-state index in [4.69, 9.17) is 0 Å². The van der Waals surface area contributed by atoms with Crippen LogP contribution in [0.15, 0.2) is 70.6 Å². The van der Waals surface area contributed by atoms with Crippen molar-refractivity contribution in [2.24, 2.45) is 4.99 Å². The average Bonchev–Trinajstić information content (AvgIpc) is 3.23. The van der Waals surface area contributed by atoms with Gasteiger partial charge in [-0.15, -0.1) is 0 Å². The van der Waals surface area contributed by atoms with Gasteiger partial charge in [0.2, 0.25) is 0 Å². The molecule has 5 rings (SSSR count). The summed E-state index contributed by atoms with van der Waals surface area (Å²) >= 11 is 1.39. The van der Waals surface area contributed by atoms with Crippen LogP contribution < -0.4 is 5.32 Å². The van der Waals surface area contributed by atoms with E-state index in [1.807, 2.05) is 36.4 Å². The summed E-state index contributed by atoms with van der Waals surface area (Å²) in [4.78, 5) is 17.6. The number of carbonyl (C=O) groups is 1. The minimum absolute atomic E-state index is 0.0899. The smallest absolute Gasteiger partial charge is 0.264 e. The monoisotopic (exact) mass is 356 g/mol. The minimum Gasteiger partial charge on any atom is -0.300 e. The maximum Gasteiger partial charge on any atom is 0.264 e. The van der Waals surface area contributed by atoms with Crippen molar-refractivity contribution in [3.63, 3.8) is 0 Å². The Kier molecular flexibility index (Phi) is 3.64. The molecule has 0 atom stereocenters. The molecule has 1 N–H and O–H groups in total. The second kappa shape index (κ2) is 6.15. The van der Waals surface area contributed by atoms with Gasteiger partial charge in [0, 0.05) is 0 Å².